The molecule has 0 saturated carbocycles. The zero-order valence-electron chi connectivity index (χ0n) is 12.2. The van der Waals surface area contributed by atoms with E-state index in [0.717, 1.165) is 18.7 Å². The molecule has 100 valence electrons. The second-order valence-corrected chi connectivity index (χ2v) is 7.10. The first-order valence-electron chi connectivity index (χ1n) is 6.78. The summed E-state index contributed by atoms with van der Waals surface area (Å²) in [5.74, 6) is 1.03. The van der Waals surface area contributed by atoms with Gasteiger partial charge in [0, 0.05) is 24.6 Å². The lowest BCUT2D eigenvalue weighted by atomic mass is 9.88. The molecule has 1 aliphatic heterocycles. The molecule has 0 aromatic heterocycles. The van der Waals surface area contributed by atoms with E-state index in [9.17, 15) is 0 Å². The summed E-state index contributed by atoms with van der Waals surface area (Å²) in [5, 5.41) is 3.69. The fraction of sp³-hybridized carbons (Fsp3) is 0.625. The molecule has 2 rings (SSSR count). The molecule has 1 aliphatic rings. The molecule has 1 unspecified atom stereocenters. The predicted molar refractivity (Wildman–Crippen MR) is 76.0 cm³/mol. The molecule has 0 amide bonds. The first kappa shape index (κ1) is 13.4. The quantitative estimate of drug-likeness (QED) is 0.855. The molecule has 2 nitrogen and oxygen atoms in total. The van der Waals surface area contributed by atoms with Crippen molar-refractivity contribution in [1.29, 1.82) is 0 Å². The highest BCUT2D eigenvalue weighted by Crippen LogP contribution is 2.39. The fourth-order valence-corrected chi connectivity index (χ4v) is 2.41. The Morgan fingerprint density at radius 2 is 1.94 bits per heavy atom. The van der Waals surface area contributed by atoms with E-state index >= 15 is 0 Å². The van der Waals surface area contributed by atoms with E-state index in [1.54, 1.807) is 0 Å². The molecule has 1 aromatic carbocycles. The van der Waals surface area contributed by atoms with Crippen molar-refractivity contribution in [2.24, 2.45) is 5.41 Å². The van der Waals surface area contributed by atoms with Gasteiger partial charge in [-0.25, -0.2) is 0 Å². The molecule has 0 bridgehead atoms. The first-order chi connectivity index (χ1) is 8.27. The van der Waals surface area contributed by atoms with Gasteiger partial charge in [-0.15, -0.1) is 0 Å². The summed E-state index contributed by atoms with van der Waals surface area (Å²) in [6.07, 6.45) is 1.01. The number of para-hydroxylation sites is 1. The lowest BCUT2D eigenvalue weighted by Gasteiger charge is -2.39. The average molecular weight is 247 g/mol. The molecule has 0 aliphatic carbocycles. The van der Waals surface area contributed by atoms with E-state index in [1.807, 2.05) is 6.07 Å². The number of nitrogens with one attached hydrogen (secondary N) is 1. The average Bonchev–Trinajstić information content (AvgIpc) is 2.23. The van der Waals surface area contributed by atoms with Crippen LogP contribution in [0.1, 0.15) is 52.6 Å². The SMILES string of the molecule is CC(C)(C)CNC1CC(C)(C)Oc2ccccc21. The summed E-state index contributed by atoms with van der Waals surface area (Å²) in [4.78, 5) is 0. The van der Waals surface area contributed by atoms with Gasteiger partial charge in [-0.1, -0.05) is 39.0 Å². The molecule has 0 fully saturated rings. The van der Waals surface area contributed by atoms with E-state index in [2.05, 4.69) is 58.1 Å². The number of ether oxygens (including phenoxy) is 1. The van der Waals surface area contributed by atoms with Gasteiger partial charge in [0.05, 0.1) is 0 Å². The van der Waals surface area contributed by atoms with Crippen molar-refractivity contribution in [3.63, 3.8) is 0 Å². The monoisotopic (exact) mass is 247 g/mol. The van der Waals surface area contributed by atoms with Gasteiger partial charge in [-0.05, 0) is 25.3 Å². The minimum absolute atomic E-state index is 0.0933. The molecule has 1 aromatic rings. The molecule has 0 saturated heterocycles. The maximum Gasteiger partial charge on any atom is 0.124 e. The Morgan fingerprint density at radius 1 is 1.28 bits per heavy atom. The lowest BCUT2D eigenvalue weighted by molar-refractivity contribution is 0.0642. The maximum absolute atomic E-state index is 6.04. The van der Waals surface area contributed by atoms with Gasteiger partial charge >= 0.3 is 0 Å². The van der Waals surface area contributed by atoms with Crippen LogP contribution in [-0.4, -0.2) is 12.1 Å². The van der Waals surface area contributed by atoms with E-state index in [4.69, 9.17) is 4.74 Å². The van der Waals surface area contributed by atoms with Crippen LogP contribution in [0.5, 0.6) is 5.75 Å². The highest BCUT2D eigenvalue weighted by Gasteiger charge is 2.33. The van der Waals surface area contributed by atoms with Crippen molar-refractivity contribution in [2.75, 3.05) is 6.54 Å². The van der Waals surface area contributed by atoms with Crippen LogP contribution in [0.25, 0.3) is 0 Å². The largest absolute Gasteiger partial charge is 0.487 e. The van der Waals surface area contributed by atoms with Crippen molar-refractivity contribution in [2.45, 2.75) is 52.7 Å². The normalized spacial score (nSPS) is 22.2. The summed E-state index contributed by atoms with van der Waals surface area (Å²) in [6.45, 7) is 12.1. The smallest absolute Gasteiger partial charge is 0.124 e. The highest BCUT2D eigenvalue weighted by molar-refractivity contribution is 5.38. The van der Waals surface area contributed by atoms with E-state index < -0.39 is 0 Å². The van der Waals surface area contributed by atoms with E-state index in [-0.39, 0.29) is 5.60 Å². The third-order valence-electron chi connectivity index (χ3n) is 3.26. The van der Waals surface area contributed by atoms with Crippen molar-refractivity contribution in [3.05, 3.63) is 29.8 Å². The zero-order chi connectivity index (χ0) is 13.4. The Bertz CT molecular complexity index is 417. The second kappa shape index (κ2) is 4.58. The lowest BCUT2D eigenvalue weighted by Crippen LogP contribution is -2.41. The van der Waals surface area contributed by atoms with Crippen molar-refractivity contribution < 1.29 is 4.74 Å². The molecular weight excluding hydrogens is 222 g/mol. The Morgan fingerprint density at radius 3 is 2.61 bits per heavy atom. The third-order valence-corrected chi connectivity index (χ3v) is 3.26. The molecule has 0 radical (unpaired) electrons. The van der Waals surface area contributed by atoms with Crippen LogP contribution < -0.4 is 10.1 Å². The van der Waals surface area contributed by atoms with Crippen molar-refractivity contribution >= 4 is 0 Å². The standard InChI is InChI=1S/C16H25NO/c1-15(2,3)11-17-13-10-16(4,5)18-14-9-7-6-8-12(13)14/h6-9,13,17H,10-11H2,1-5H3. The Kier molecular flexibility index (Phi) is 3.41. The molecule has 2 heteroatoms. The van der Waals surface area contributed by atoms with E-state index in [0.29, 0.717) is 11.5 Å². The summed E-state index contributed by atoms with van der Waals surface area (Å²) < 4.78 is 6.04. The first-order valence-corrected chi connectivity index (χ1v) is 6.78. The Balaban J connectivity index is 2.19. The molecule has 1 atom stereocenters. The van der Waals surface area contributed by atoms with Gasteiger partial charge in [-0.3, -0.25) is 0 Å². The number of hydrogen-bond donors (Lipinski definition) is 1. The van der Waals surface area contributed by atoms with Crippen LogP contribution in [0.2, 0.25) is 0 Å². The molecule has 0 spiro atoms. The number of hydrogen-bond acceptors (Lipinski definition) is 2. The molecular formula is C16H25NO. The number of benzene rings is 1. The van der Waals surface area contributed by atoms with Crippen LogP contribution in [0, 0.1) is 5.41 Å². The maximum atomic E-state index is 6.04. The topological polar surface area (TPSA) is 21.3 Å². The summed E-state index contributed by atoms with van der Waals surface area (Å²) in [5.41, 5.74) is 1.50. The van der Waals surface area contributed by atoms with E-state index in [1.165, 1.54) is 5.56 Å². The van der Waals surface area contributed by atoms with Crippen molar-refractivity contribution in [1.82, 2.24) is 5.32 Å². The van der Waals surface area contributed by atoms with Crippen LogP contribution in [0.3, 0.4) is 0 Å². The molecule has 1 heterocycles. The van der Waals surface area contributed by atoms with Gasteiger partial charge in [0.1, 0.15) is 11.4 Å². The van der Waals surface area contributed by atoms with Gasteiger partial charge in [0.25, 0.3) is 0 Å². The molecule has 18 heavy (non-hydrogen) atoms. The summed E-state index contributed by atoms with van der Waals surface area (Å²) in [6, 6.07) is 8.77. The highest BCUT2D eigenvalue weighted by atomic mass is 16.5. The fourth-order valence-electron chi connectivity index (χ4n) is 2.41. The Hall–Kier alpha value is -1.02. The van der Waals surface area contributed by atoms with Crippen LogP contribution in [0.4, 0.5) is 0 Å². The Labute approximate surface area is 111 Å². The number of fused-ring (bicyclic) bond motifs is 1. The zero-order valence-corrected chi connectivity index (χ0v) is 12.2. The van der Waals surface area contributed by atoms with Gasteiger partial charge in [-0.2, -0.15) is 0 Å². The van der Waals surface area contributed by atoms with Crippen LogP contribution in [0.15, 0.2) is 24.3 Å². The second-order valence-electron chi connectivity index (χ2n) is 7.10. The minimum atomic E-state index is -0.0933. The van der Waals surface area contributed by atoms with Crippen molar-refractivity contribution in [3.8, 4) is 5.75 Å². The molecule has 1 N–H and O–H groups in total. The van der Waals surface area contributed by atoms with Crippen LogP contribution >= 0.6 is 0 Å². The van der Waals surface area contributed by atoms with Gasteiger partial charge in [0.2, 0.25) is 0 Å². The van der Waals surface area contributed by atoms with Crippen LogP contribution in [-0.2, 0) is 0 Å². The van der Waals surface area contributed by atoms with Gasteiger partial charge in [0.15, 0.2) is 0 Å². The minimum Gasteiger partial charge on any atom is -0.487 e. The predicted octanol–water partition coefficient (Wildman–Crippen LogP) is 3.92. The third kappa shape index (κ3) is 3.26. The number of rotatable bonds is 2. The summed E-state index contributed by atoms with van der Waals surface area (Å²) in [7, 11) is 0. The summed E-state index contributed by atoms with van der Waals surface area (Å²) >= 11 is 0. The van der Waals surface area contributed by atoms with Gasteiger partial charge < -0.3 is 10.1 Å².